The Bertz CT molecular complexity index is 917. The Hall–Kier alpha value is -1.99. The molecule has 0 atom stereocenters. The van der Waals surface area contributed by atoms with Gasteiger partial charge in [0.15, 0.2) is 0 Å². The van der Waals surface area contributed by atoms with Gasteiger partial charge in [0.25, 0.3) is 5.56 Å². The van der Waals surface area contributed by atoms with Crippen molar-refractivity contribution in [1.29, 1.82) is 0 Å². The number of amides is 1. The van der Waals surface area contributed by atoms with E-state index in [1.54, 1.807) is 6.07 Å². The van der Waals surface area contributed by atoms with E-state index in [0.29, 0.717) is 10.2 Å². The lowest BCUT2D eigenvalue weighted by molar-refractivity contribution is -0.116. The predicted molar refractivity (Wildman–Crippen MR) is 91.4 cm³/mol. The molecule has 1 N–H and O–H groups in total. The summed E-state index contributed by atoms with van der Waals surface area (Å²) in [5.41, 5.74) is 1.47. The van der Waals surface area contributed by atoms with E-state index in [0.717, 1.165) is 15.7 Å². The number of nitrogens with one attached hydrogen (secondary N) is 1. The molecule has 0 aliphatic heterocycles. The molecule has 0 radical (unpaired) electrons. The van der Waals surface area contributed by atoms with E-state index in [4.69, 9.17) is 0 Å². The number of nitrogens with zero attached hydrogens (tertiary/aromatic N) is 2. The summed E-state index contributed by atoms with van der Waals surface area (Å²) in [7, 11) is 0. The quantitative estimate of drug-likeness (QED) is 0.762. The van der Waals surface area contributed by atoms with Gasteiger partial charge in [-0.1, -0.05) is 15.9 Å². The molecule has 0 bridgehead atoms. The first-order chi connectivity index (χ1) is 10.5. The normalized spacial score (nSPS) is 10.8. The van der Waals surface area contributed by atoms with E-state index in [-0.39, 0.29) is 18.0 Å². The highest BCUT2D eigenvalue weighted by Gasteiger charge is 2.10. The fraction of sp³-hybridized carbons (Fsp3) is 0.133. The standard InChI is InChI=1S/C15H12BrN3O2S/c1-9-6-10(16)2-3-12(9)18-13(20)7-19-8-17-14-11(15(19)21)4-5-22-14/h2-6,8H,7H2,1H3,(H,18,20). The van der Waals surface area contributed by atoms with Gasteiger partial charge >= 0.3 is 0 Å². The van der Waals surface area contributed by atoms with E-state index in [2.05, 4.69) is 26.2 Å². The number of carbonyl (C=O) groups excluding carboxylic acids is 1. The van der Waals surface area contributed by atoms with Gasteiger partial charge in [0.05, 0.1) is 11.7 Å². The maximum absolute atomic E-state index is 12.2. The summed E-state index contributed by atoms with van der Waals surface area (Å²) in [6.07, 6.45) is 1.41. The number of halogens is 1. The van der Waals surface area contributed by atoms with Crippen molar-refractivity contribution >= 4 is 49.1 Å². The topological polar surface area (TPSA) is 64.0 Å². The number of aryl methyl sites for hydroxylation is 1. The van der Waals surface area contributed by atoms with Crippen LogP contribution >= 0.6 is 27.3 Å². The van der Waals surface area contributed by atoms with Crippen molar-refractivity contribution in [3.63, 3.8) is 0 Å². The van der Waals surface area contributed by atoms with Gasteiger partial charge in [-0.25, -0.2) is 4.98 Å². The van der Waals surface area contributed by atoms with Crippen LogP contribution in [0.15, 0.2) is 45.2 Å². The number of hydrogen-bond acceptors (Lipinski definition) is 4. The first-order valence-corrected chi connectivity index (χ1v) is 8.20. The molecule has 3 rings (SSSR count). The molecule has 0 fully saturated rings. The molecule has 0 aliphatic rings. The summed E-state index contributed by atoms with van der Waals surface area (Å²) in [6.45, 7) is 1.85. The maximum atomic E-state index is 12.2. The van der Waals surface area contributed by atoms with Gasteiger partial charge in [-0.05, 0) is 42.1 Å². The van der Waals surface area contributed by atoms with Crippen LogP contribution in [0.2, 0.25) is 0 Å². The van der Waals surface area contributed by atoms with Crippen LogP contribution in [-0.4, -0.2) is 15.5 Å². The van der Waals surface area contributed by atoms with Crippen molar-refractivity contribution in [2.75, 3.05) is 5.32 Å². The molecule has 5 nitrogen and oxygen atoms in total. The van der Waals surface area contributed by atoms with E-state index < -0.39 is 0 Å². The number of hydrogen-bond donors (Lipinski definition) is 1. The fourth-order valence-electron chi connectivity index (χ4n) is 2.12. The monoisotopic (exact) mass is 377 g/mol. The number of carbonyl (C=O) groups is 1. The molecule has 7 heteroatoms. The number of fused-ring (bicyclic) bond motifs is 1. The summed E-state index contributed by atoms with van der Waals surface area (Å²) in [5, 5.41) is 5.17. The van der Waals surface area contributed by atoms with Crippen LogP contribution in [0.3, 0.4) is 0 Å². The molecule has 0 unspecified atom stereocenters. The maximum Gasteiger partial charge on any atom is 0.262 e. The van der Waals surface area contributed by atoms with Crippen LogP contribution in [0.5, 0.6) is 0 Å². The molecule has 0 saturated carbocycles. The Balaban J connectivity index is 1.81. The molecule has 0 spiro atoms. The minimum Gasteiger partial charge on any atom is -0.324 e. The van der Waals surface area contributed by atoms with E-state index in [1.165, 1.54) is 22.2 Å². The van der Waals surface area contributed by atoms with Crippen molar-refractivity contribution in [2.45, 2.75) is 13.5 Å². The second-order valence-corrected chi connectivity index (χ2v) is 6.63. The third-order valence-corrected chi connectivity index (χ3v) is 4.54. The van der Waals surface area contributed by atoms with Crippen molar-refractivity contribution in [2.24, 2.45) is 0 Å². The Morgan fingerprint density at radius 1 is 1.41 bits per heavy atom. The number of benzene rings is 1. The molecular weight excluding hydrogens is 366 g/mol. The number of rotatable bonds is 3. The lowest BCUT2D eigenvalue weighted by atomic mass is 10.2. The summed E-state index contributed by atoms with van der Waals surface area (Å²) < 4.78 is 2.27. The minimum absolute atomic E-state index is 0.0624. The number of aromatic nitrogens is 2. The molecule has 1 aromatic carbocycles. The van der Waals surface area contributed by atoms with E-state index in [9.17, 15) is 9.59 Å². The second-order valence-electron chi connectivity index (χ2n) is 4.82. The third kappa shape index (κ3) is 2.95. The van der Waals surface area contributed by atoms with Crippen LogP contribution < -0.4 is 10.9 Å². The van der Waals surface area contributed by atoms with Gasteiger partial charge in [0.1, 0.15) is 11.4 Å². The van der Waals surface area contributed by atoms with Crippen LogP contribution in [-0.2, 0) is 11.3 Å². The SMILES string of the molecule is Cc1cc(Br)ccc1NC(=O)Cn1cnc2sccc2c1=O. The fourth-order valence-corrected chi connectivity index (χ4v) is 3.32. The lowest BCUT2D eigenvalue weighted by Crippen LogP contribution is -2.27. The zero-order valence-corrected chi connectivity index (χ0v) is 14.1. The van der Waals surface area contributed by atoms with E-state index >= 15 is 0 Å². The van der Waals surface area contributed by atoms with E-state index in [1.807, 2.05) is 30.5 Å². The summed E-state index contributed by atoms with van der Waals surface area (Å²) in [6, 6.07) is 7.32. The predicted octanol–water partition coefficient (Wildman–Crippen LogP) is 3.17. The Morgan fingerprint density at radius 3 is 3.00 bits per heavy atom. The average molecular weight is 378 g/mol. The van der Waals surface area contributed by atoms with Gasteiger partial charge in [-0.2, -0.15) is 0 Å². The van der Waals surface area contributed by atoms with Crippen molar-refractivity contribution < 1.29 is 4.79 Å². The largest absolute Gasteiger partial charge is 0.324 e. The zero-order valence-electron chi connectivity index (χ0n) is 11.7. The van der Waals surface area contributed by atoms with Gasteiger partial charge in [-0.3, -0.25) is 14.2 Å². The first kappa shape index (κ1) is 14.9. The van der Waals surface area contributed by atoms with Crippen molar-refractivity contribution in [3.05, 3.63) is 56.4 Å². The molecule has 22 heavy (non-hydrogen) atoms. The highest BCUT2D eigenvalue weighted by Crippen LogP contribution is 2.20. The summed E-state index contributed by atoms with van der Waals surface area (Å²) in [4.78, 5) is 29.2. The van der Waals surface area contributed by atoms with Crippen LogP contribution in [0.25, 0.3) is 10.2 Å². The van der Waals surface area contributed by atoms with Crippen molar-refractivity contribution in [1.82, 2.24) is 9.55 Å². The molecule has 2 aromatic heterocycles. The summed E-state index contributed by atoms with van der Waals surface area (Å²) in [5.74, 6) is -0.260. The molecule has 2 heterocycles. The van der Waals surface area contributed by atoms with Gasteiger partial charge in [0, 0.05) is 10.2 Å². The molecule has 0 saturated heterocycles. The van der Waals surface area contributed by atoms with Crippen LogP contribution in [0, 0.1) is 6.92 Å². The Labute approximate surface area is 138 Å². The smallest absolute Gasteiger partial charge is 0.262 e. The lowest BCUT2D eigenvalue weighted by Gasteiger charge is -2.09. The average Bonchev–Trinajstić information content (AvgIpc) is 2.94. The molecule has 112 valence electrons. The molecule has 3 aromatic rings. The summed E-state index contributed by atoms with van der Waals surface area (Å²) >= 11 is 4.79. The Morgan fingerprint density at radius 2 is 2.23 bits per heavy atom. The van der Waals surface area contributed by atoms with Gasteiger partial charge in [0.2, 0.25) is 5.91 Å². The van der Waals surface area contributed by atoms with Gasteiger partial charge in [-0.15, -0.1) is 11.3 Å². The van der Waals surface area contributed by atoms with Crippen LogP contribution in [0.4, 0.5) is 5.69 Å². The highest BCUT2D eigenvalue weighted by molar-refractivity contribution is 9.10. The number of anilines is 1. The molecular formula is C15H12BrN3O2S. The van der Waals surface area contributed by atoms with Crippen LogP contribution in [0.1, 0.15) is 5.56 Å². The molecule has 0 aliphatic carbocycles. The number of thiophene rings is 1. The third-order valence-electron chi connectivity index (χ3n) is 3.23. The minimum atomic E-state index is -0.260. The first-order valence-electron chi connectivity index (χ1n) is 6.53. The zero-order chi connectivity index (χ0) is 15.7. The Kier molecular flexibility index (Phi) is 4.08. The van der Waals surface area contributed by atoms with Crippen molar-refractivity contribution in [3.8, 4) is 0 Å². The highest BCUT2D eigenvalue weighted by atomic mass is 79.9. The second kappa shape index (κ2) is 6.02. The van der Waals surface area contributed by atoms with Gasteiger partial charge < -0.3 is 5.32 Å². The molecule has 1 amide bonds.